The predicted molar refractivity (Wildman–Crippen MR) is 98.6 cm³/mol. The molecule has 0 atom stereocenters. The molecule has 0 saturated carbocycles. The van der Waals surface area contributed by atoms with Crippen LogP contribution in [0.25, 0.3) is 0 Å². The Hall–Kier alpha value is -1.27. The van der Waals surface area contributed by atoms with Gasteiger partial charge in [-0.2, -0.15) is 4.31 Å². The summed E-state index contributed by atoms with van der Waals surface area (Å²) in [6.45, 7) is 4.04. The van der Waals surface area contributed by atoms with E-state index in [4.69, 9.17) is 23.2 Å². The van der Waals surface area contributed by atoms with Crippen molar-refractivity contribution >= 4 is 38.9 Å². The molecular formula is C17H18Cl2N2O2S. The summed E-state index contributed by atoms with van der Waals surface area (Å²) in [5, 5.41) is 0.976. The maximum Gasteiger partial charge on any atom is 0.244 e. The van der Waals surface area contributed by atoms with E-state index >= 15 is 0 Å². The van der Waals surface area contributed by atoms with Crippen LogP contribution in [0.4, 0.5) is 5.69 Å². The third-order valence-corrected chi connectivity index (χ3v) is 7.08. The van der Waals surface area contributed by atoms with Gasteiger partial charge in [-0.05, 0) is 36.8 Å². The molecule has 3 rings (SSSR count). The van der Waals surface area contributed by atoms with Gasteiger partial charge in [0.05, 0.1) is 5.02 Å². The zero-order valence-electron chi connectivity index (χ0n) is 13.2. The highest BCUT2D eigenvalue weighted by Gasteiger charge is 2.30. The van der Waals surface area contributed by atoms with Crippen LogP contribution in [0, 0.1) is 6.92 Å². The molecule has 128 valence electrons. The van der Waals surface area contributed by atoms with E-state index in [-0.39, 0.29) is 9.92 Å². The molecule has 1 saturated heterocycles. The summed E-state index contributed by atoms with van der Waals surface area (Å²) in [7, 11) is -3.57. The van der Waals surface area contributed by atoms with Gasteiger partial charge in [0.2, 0.25) is 10.0 Å². The lowest BCUT2D eigenvalue weighted by Crippen LogP contribution is -2.48. The number of piperazine rings is 1. The van der Waals surface area contributed by atoms with Crippen molar-refractivity contribution in [2.24, 2.45) is 0 Å². The van der Waals surface area contributed by atoms with Crippen LogP contribution in [0.15, 0.2) is 47.4 Å². The Morgan fingerprint density at radius 1 is 0.875 bits per heavy atom. The maximum atomic E-state index is 12.8. The van der Waals surface area contributed by atoms with Crippen molar-refractivity contribution in [1.29, 1.82) is 0 Å². The fourth-order valence-electron chi connectivity index (χ4n) is 2.90. The predicted octanol–water partition coefficient (Wildman–Crippen LogP) is 3.81. The molecule has 0 bridgehead atoms. The lowest BCUT2D eigenvalue weighted by atomic mass is 10.1. The molecule has 0 radical (unpaired) electrons. The molecule has 1 aliphatic heterocycles. The van der Waals surface area contributed by atoms with Gasteiger partial charge in [0.15, 0.2) is 0 Å². The average molecular weight is 385 g/mol. The van der Waals surface area contributed by atoms with Crippen LogP contribution < -0.4 is 4.90 Å². The Morgan fingerprint density at radius 3 is 2.17 bits per heavy atom. The molecule has 0 spiro atoms. The third kappa shape index (κ3) is 3.26. The van der Waals surface area contributed by atoms with E-state index in [2.05, 4.69) is 4.90 Å². The molecule has 0 aliphatic carbocycles. The quantitative estimate of drug-likeness (QED) is 0.807. The second-order valence-corrected chi connectivity index (χ2v) is 8.43. The number of halogens is 2. The number of benzene rings is 2. The molecule has 1 aliphatic rings. The highest BCUT2D eigenvalue weighted by atomic mass is 35.5. The number of sulfonamides is 1. The topological polar surface area (TPSA) is 40.6 Å². The lowest BCUT2D eigenvalue weighted by molar-refractivity contribution is 0.385. The van der Waals surface area contributed by atoms with Gasteiger partial charge in [0, 0.05) is 36.9 Å². The minimum Gasteiger partial charge on any atom is -0.369 e. The smallest absolute Gasteiger partial charge is 0.244 e. The number of anilines is 1. The molecule has 0 amide bonds. The minimum atomic E-state index is -3.57. The summed E-state index contributed by atoms with van der Waals surface area (Å²) in [4.78, 5) is 2.33. The van der Waals surface area contributed by atoms with Gasteiger partial charge < -0.3 is 4.90 Å². The van der Waals surface area contributed by atoms with Gasteiger partial charge in [0.25, 0.3) is 0 Å². The largest absolute Gasteiger partial charge is 0.369 e. The van der Waals surface area contributed by atoms with Crippen LogP contribution in [0.2, 0.25) is 10.0 Å². The second-order valence-electron chi connectivity index (χ2n) is 5.71. The zero-order chi connectivity index (χ0) is 17.3. The Morgan fingerprint density at radius 2 is 1.50 bits per heavy atom. The standard InChI is InChI=1S/C17H18Cl2N2O2S/c1-13-14(18)6-4-7-16(13)20-9-11-21(12-10-20)24(22,23)17-8-3-2-5-15(17)19/h2-8H,9-12H2,1H3. The molecule has 0 N–H and O–H groups in total. The van der Waals surface area contributed by atoms with Gasteiger partial charge in [-0.15, -0.1) is 0 Å². The van der Waals surface area contributed by atoms with Crippen LogP contribution in [0.3, 0.4) is 0 Å². The van der Waals surface area contributed by atoms with Crippen molar-refractivity contribution in [2.45, 2.75) is 11.8 Å². The molecule has 1 heterocycles. The number of hydrogen-bond acceptors (Lipinski definition) is 3. The number of nitrogens with zero attached hydrogens (tertiary/aromatic N) is 2. The summed E-state index contributed by atoms with van der Waals surface area (Å²) >= 11 is 12.2. The van der Waals surface area contributed by atoms with Gasteiger partial charge in [0.1, 0.15) is 4.90 Å². The van der Waals surface area contributed by atoms with Gasteiger partial charge in [-0.25, -0.2) is 8.42 Å². The van der Waals surface area contributed by atoms with Crippen LogP contribution in [-0.4, -0.2) is 38.9 Å². The zero-order valence-corrected chi connectivity index (χ0v) is 15.6. The highest BCUT2D eigenvalue weighted by Crippen LogP contribution is 2.29. The summed E-state index contributed by atoms with van der Waals surface area (Å²) in [6.07, 6.45) is 0. The summed E-state index contributed by atoms with van der Waals surface area (Å²) in [5.74, 6) is 0. The first-order valence-electron chi connectivity index (χ1n) is 7.66. The molecule has 0 aromatic heterocycles. The van der Waals surface area contributed by atoms with Crippen molar-refractivity contribution in [2.75, 3.05) is 31.1 Å². The van der Waals surface area contributed by atoms with E-state index in [0.29, 0.717) is 26.2 Å². The van der Waals surface area contributed by atoms with E-state index < -0.39 is 10.0 Å². The highest BCUT2D eigenvalue weighted by molar-refractivity contribution is 7.89. The molecular weight excluding hydrogens is 367 g/mol. The Kier molecular flexibility index (Phi) is 5.06. The molecule has 24 heavy (non-hydrogen) atoms. The average Bonchev–Trinajstić information content (AvgIpc) is 2.58. The third-order valence-electron chi connectivity index (χ3n) is 4.27. The van der Waals surface area contributed by atoms with E-state index in [1.165, 1.54) is 4.31 Å². The molecule has 7 heteroatoms. The number of hydrogen-bond donors (Lipinski definition) is 0. The monoisotopic (exact) mass is 384 g/mol. The van der Waals surface area contributed by atoms with Crippen molar-refractivity contribution in [3.63, 3.8) is 0 Å². The minimum absolute atomic E-state index is 0.166. The van der Waals surface area contributed by atoms with Crippen molar-refractivity contribution < 1.29 is 8.42 Å². The van der Waals surface area contributed by atoms with E-state index in [0.717, 1.165) is 16.3 Å². The lowest BCUT2D eigenvalue weighted by Gasteiger charge is -2.36. The van der Waals surface area contributed by atoms with Crippen molar-refractivity contribution in [3.05, 3.63) is 58.1 Å². The van der Waals surface area contributed by atoms with Crippen LogP contribution in [-0.2, 0) is 10.0 Å². The van der Waals surface area contributed by atoms with E-state index in [1.54, 1.807) is 24.3 Å². The summed E-state index contributed by atoms with van der Waals surface area (Å²) in [5.41, 5.74) is 2.07. The Labute approximate surface area is 152 Å². The van der Waals surface area contributed by atoms with Crippen molar-refractivity contribution in [1.82, 2.24) is 4.31 Å². The van der Waals surface area contributed by atoms with Crippen LogP contribution in [0.1, 0.15) is 5.56 Å². The van der Waals surface area contributed by atoms with Crippen LogP contribution in [0.5, 0.6) is 0 Å². The maximum absolute atomic E-state index is 12.8. The SMILES string of the molecule is Cc1c(Cl)cccc1N1CCN(S(=O)(=O)c2ccccc2Cl)CC1. The van der Waals surface area contributed by atoms with Gasteiger partial charge >= 0.3 is 0 Å². The first kappa shape index (κ1) is 17.5. The summed E-state index contributed by atoms with van der Waals surface area (Å²) < 4.78 is 27.0. The normalized spacial score (nSPS) is 16.4. The Bertz CT molecular complexity index is 847. The van der Waals surface area contributed by atoms with Gasteiger partial charge in [-0.1, -0.05) is 41.4 Å². The second kappa shape index (κ2) is 6.92. The molecule has 1 fully saturated rings. The first-order valence-corrected chi connectivity index (χ1v) is 9.85. The van der Waals surface area contributed by atoms with Crippen LogP contribution >= 0.6 is 23.2 Å². The van der Waals surface area contributed by atoms with E-state index in [9.17, 15) is 8.42 Å². The molecule has 2 aromatic carbocycles. The number of rotatable bonds is 3. The fraction of sp³-hybridized carbons (Fsp3) is 0.294. The molecule has 2 aromatic rings. The molecule has 0 unspecified atom stereocenters. The first-order chi connectivity index (χ1) is 11.4. The van der Waals surface area contributed by atoms with Crippen molar-refractivity contribution in [3.8, 4) is 0 Å². The fourth-order valence-corrected chi connectivity index (χ4v) is 4.99. The molecule has 4 nitrogen and oxygen atoms in total. The van der Waals surface area contributed by atoms with E-state index in [1.807, 2.05) is 25.1 Å². The Balaban J connectivity index is 1.78. The van der Waals surface area contributed by atoms with Gasteiger partial charge in [-0.3, -0.25) is 0 Å². The summed E-state index contributed by atoms with van der Waals surface area (Å²) in [6, 6.07) is 12.3.